The average Bonchev–Trinajstić information content (AvgIpc) is 2.99. The van der Waals surface area contributed by atoms with Crippen molar-refractivity contribution in [1.29, 1.82) is 5.26 Å². The summed E-state index contributed by atoms with van der Waals surface area (Å²) in [5.74, 6) is -1.16. The van der Waals surface area contributed by atoms with Crippen molar-refractivity contribution >= 4 is 5.97 Å². The molecule has 144 valence electrons. The van der Waals surface area contributed by atoms with Crippen LogP contribution < -0.4 is 4.74 Å². The molecule has 0 saturated heterocycles. The first-order valence-electron chi connectivity index (χ1n) is 9.02. The topological polar surface area (TPSA) is 73.6 Å². The van der Waals surface area contributed by atoms with Crippen molar-refractivity contribution in [2.24, 2.45) is 0 Å². The highest BCUT2D eigenvalue weighted by atomic mass is 19.1. The fourth-order valence-corrected chi connectivity index (χ4v) is 3.67. The van der Waals surface area contributed by atoms with Crippen molar-refractivity contribution in [2.45, 2.75) is 31.9 Å². The van der Waals surface area contributed by atoms with Crippen molar-refractivity contribution < 1.29 is 19.0 Å². The van der Waals surface area contributed by atoms with Crippen LogP contribution in [0.1, 0.15) is 30.4 Å². The quantitative estimate of drug-likeness (QED) is 0.818. The summed E-state index contributed by atoms with van der Waals surface area (Å²) in [5, 5.41) is 19.3. The van der Waals surface area contributed by atoms with Crippen molar-refractivity contribution in [3.05, 3.63) is 76.7 Å². The van der Waals surface area contributed by atoms with Crippen LogP contribution in [0.15, 0.2) is 59.8 Å². The van der Waals surface area contributed by atoms with Crippen molar-refractivity contribution in [1.82, 2.24) is 4.90 Å². The molecule has 1 N–H and O–H groups in total. The van der Waals surface area contributed by atoms with E-state index < -0.39 is 17.9 Å². The third-order valence-electron chi connectivity index (χ3n) is 5.05. The minimum absolute atomic E-state index is 0.296. The molecule has 6 heteroatoms. The van der Waals surface area contributed by atoms with Crippen LogP contribution in [0.2, 0.25) is 0 Å². The Morgan fingerprint density at radius 2 is 1.86 bits per heavy atom. The van der Waals surface area contributed by atoms with Gasteiger partial charge in [-0.3, -0.25) is 0 Å². The van der Waals surface area contributed by atoms with E-state index in [1.165, 1.54) is 12.1 Å². The van der Waals surface area contributed by atoms with Crippen LogP contribution >= 0.6 is 0 Å². The maximum Gasteiger partial charge on any atom is 0.327 e. The minimum atomic E-state index is -0.958. The monoisotopic (exact) mass is 380 g/mol. The summed E-state index contributed by atoms with van der Waals surface area (Å²) in [6, 6.07) is 14.6. The van der Waals surface area contributed by atoms with Gasteiger partial charge in [-0.05, 0) is 41.8 Å². The van der Waals surface area contributed by atoms with Gasteiger partial charge in [0.1, 0.15) is 24.2 Å². The molecule has 2 aromatic rings. The molecule has 0 spiro atoms. The number of rotatable bonds is 6. The SMILES string of the molecule is CCC1=C(C#N)C(c2ccc(OCc3ccc(F)cc3)cc2)C(C(=O)O)N1C. The van der Waals surface area contributed by atoms with E-state index in [0.29, 0.717) is 24.4 Å². The second-order valence-corrected chi connectivity index (χ2v) is 6.68. The minimum Gasteiger partial charge on any atom is -0.489 e. The molecule has 5 nitrogen and oxygen atoms in total. The van der Waals surface area contributed by atoms with E-state index in [9.17, 15) is 19.6 Å². The number of allylic oxidation sites excluding steroid dienone is 1. The maximum absolute atomic E-state index is 13.0. The van der Waals surface area contributed by atoms with Crippen LogP contribution in [-0.4, -0.2) is 29.1 Å². The number of aliphatic carboxylic acids is 1. The van der Waals surface area contributed by atoms with Gasteiger partial charge in [-0.2, -0.15) is 5.26 Å². The Hall–Kier alpha value is -3.33. The van der Waals surface area contributed by atoms with E-state index in [4.69, 9.17) is 4.74 Å². The number of ether oxygens (including phenoxy) is 1. The van der Waals surface area contributed by atoms with E-state index in [0.717, 1.165) is 16.8 Å². The summed E-state index contributed by atoms with van der Waals surface area (Å²) in [4.78, 5) is 13.5. The van der Waals surface area contributed by atoms with Crippen LogP contribution in [0.5, 0.6) is 5.75 Å². The first-order chi connectivity index (χ1) is 13.5. The van der Waals surface area contributed by atoms with Gasteiger partial charge in [0, 0.05) is 12.7 Å². The second-order valence-electron chi connectivity index (χ2n) is 6.68. The van der Waals surface area contributed by atoms with E-state index in [-0.39, 0.29) is 5.82 Å². The summed E-state index contributed by atoms with van der Waals surface area (Å²) >= 11 is 0. The highest BCUT2D eigenvalue weighted by Crippen LogP contribution is 2.41. The molecule has 0 bridgehead atoms. The number of hydrogen-bond donors (Lipinski definition) is 1. The van der Waals surface area contributed by atoms with Crippen LogP contribution in [-0.2, 0) is 11.4 Å². The predicted molar refractivity (Wildman–Crippen MR) is 102 cm³/mol. The fraction of sp³-hybridized carbons (Fsp3) is 0.273. The third kappa shape index (κ3) is 3.70. The molecule has 3 rings (SSSR count). The smallest absolute Gasteiger partial charge is 0.327 e. The summed E-state index contributed by atoms with van der Waals surface area (Å²) in [7, 11) is 1.72. The van der Waals surface area contributed by atoms with Gasteiger partial charge in [0.25, 0.3) is 0 Å². The number of hydrogen-bond acceptors (Lipinski definition) is 4. The molecule has 0 saturated carbocycles. The summed E-state index contributed by atoms with van der Waals surface area (Å²) in [5.41, 5.74) is 2.86. The molecule has 2 unspecified atom stereocenters. The number of nitrogens with zero attached hydrogens (tertiary/aromatic N) is 2. The fourth-order valence-electron chi connectivity index (χ4n) is 3.67. The maximum atomic E-state index is 13.0. The van der Waals surface area contributed by atoms with Crippen molar-refractivity contribution in [3.63, 3.8) is 0 Å². The Kier molecular flexibility index (Phi) is 5.65. The number of nitriles is 1. The normalized spacial score (nSPS) is 18.9. The number of halogens is 1. The molecule has 1 aliphatic heterocycles. The van der Waals surface area contributed by atoms with Crippen LogP contribution in [0.4, 0.5) is 4.39 Å². The Labute approximate surface area is 163 Å². The number of carbonyl (C=O) groups is 1. The molecule has 2 aromatic carbocycles. The molecule has 0 amide bonds. The first-order valence-corrected chi connectivity index (χ1v) is 9.02. The highest BCUT2D eigenvalue weighted by molar-refractivity contribution is 5.78. The molecule has 0 radical (unpaired) electrons. The lowest BCUT2D eigenvalue weighted by atomic mass is 9.87. The predicted octanol–water partition coefficient (Wildman–Crippen LogP) is 4.07. The third-order valence-corrected chi connectivity index (χ3v) is 5.05. The zero-order chi connectivity index (χ0) is 20.3. The zero-order valence-electron chi connectivity index (χ0n) is 15.7. The molecule has 0 fully saturated rings. The van der Waals surface area contributed by atoms with Gasteiger partial charge in [-0.1, -0.05) is 31.2 Å². The Balaban J connectivity index is 1.81. The lowest BCUT2D eigenvalue weighted by Crippen LogP contribution is -2.37. The van der Waals surface area contributed by atoms with Crippen LogP contribution in [0.25, 0.3) is 0 Å². The summed E-state index contributed by atoms with van der Waals surface area (Å²) < 4.78 is 18.7. The molecule has 0 aromatic heterocycles. The van der Waals surface area contributed by atoms with E-state index in [2.05, 4.69) is 6.07 Å². The highest BCUT2D eigenvalue weighted by Gasteiger charge is 2.43. The number of likely N-dealkylation sites (N-methyl/N-ethyl adjacent to an activating group) is 1. The number of carboxylic acid groups (broad SMARTS) is 1. The molecular weight excluding hydrogens is 359 g/mol. The molecule has 1 heterocycles. The van der Waals surface area contributed by atoms with Gasteiger partial charge in [0.15, 0.2) is 0 Å². The average molecular weight is 380 g/mol. The van der Waals surface area contributed by atoms with Crippen LogP contribution in [0, 0.1) is 17.1 Å². The molecular formula is C22H21FN2O3. The summed E-state index contributed by atoms with van der Waals surface area (Å²) in [6.07, 6.45) is 0.596. The van der Waals surface area contributed by atoms with Crippen molar-refractivity contribution in [3.8, 4) is 11.8 Å². The Morgan fingerprint density at radius 1 is 1.21 bits per heavy atom. The molecule has 1 aliphatic rings. The zero-order valence-corrected chi connectivity index (χ0v) is 15.7. The first kappa shape index (κ1) is 19.4. The largest absolute Gasteiger partial charge is 0.489 e. The lowest BCUT2D eigenvalue weighted by Gasteiger charge is -2.25. The Bertz CT molecular complexity index is 930. The van der Waals surface area contributed by atoms with Gasteiger partial charge in [0.05, 0.1) is 17.6 Å². The second kappa shape index (κ2) is 8.13. The molecule has 2 atom stereocenters. The van der Waals surface area contributed by atoms with E-state index in [1.54, 1.807) is 48.3 Å². The standard InChI is InChI=1S/C22H21FN2O3/c1-3-19-18(12-24)20(21(22(26)27)25(19)2)15-6-10-17(11-7-15)28-13-14-4-8-16(23)9-5-14/h4-11,20-21H,3,13H2,1-2H3,(H,26,27). The number of benzene rings is 2. The van der Waals surface area contributed by atoms with E-state index >= 15 is 0 Å². The van der Waals surface area contributed by atoms with Gasteiger partial charge in [-0.25, -0.2) is 9.18 Å². The van der Waals surface area contributed by atoms with Gasteiger partial charge in [0.2, 0.25) is 0 Å². The van der Waals surface area contributed by atoms with Gasteiger partial charge >= 0.3 is 5.97 Å². The van der Waals surface area contributed by atoms with E-state index in [1.807, 2.05) is 6.92 Å². The van der Waals surface area contributed by atoms with Gasteiger partial charge in [-0.15, -0.1) is 0 Å². The number of carboxylic acids is 1. The van der Waals surface area contributed by atoms with Crippen LogP contribution in [0.3, 0.4) is 0 Å². The Morgan fingerprint density at radius 3 is 2.39 bits per heavy atom. The van der Waals surface area contributed by atoms with Gasteiger partial charge < -0.3 is 14.7 Å². The lowest BCUT2D eigenvalue weighted by molar-refractivity contribution is -0.142. The molecule has 28 heavy (non-hydrogen) atoms. The molecule has 0 aliphatic carbocycles. The van der Waals surface area contributed by atoms with Crippen molar-refractivity contribution in [2.75, 3.05) is 7.05 Å². The summed E-state index contributed by atoms with van der Waals surface area (Å²) in [6.45, 7) is 2.21.